The smallest absolute Gasteiger partial charge is 0.324 e. The molecule has 2 rings (SSSR count). The van der Waals surface area contributed by atoms with Crippen molar-refractivity contribution >= 4 is 17.9 Å². The minimum Gasteiger partial charge on any atom is -0.379 e. The van der Waals surface area contributed by atoms with Gasteiger partial charge in [-0.05, 0) is 12.8 Å². The standard InChI is InChI=1S/C17H32N6O3/c1-4-18-16(19-5-6-23-15(24)12-21-17(23)25)20-11-14(13(2)3)22-7-9-26-10-8-22/h13-14H,4-12H2,1-3H3,(H,21,25)(H2,18,19,20). The molecule has 9 nitrogen and oxygen atoms in total. The summed E-state index contributed by atoms with van der Waals surface area (Å²) >= 11 is 0. The Balaban J connectivity index is 1.87. The molecule has 2 saturated heterocycles. The molecule has 2 heterocycles. The number of nitrogens with zero attached hydrogens (tertiary/aromatic N) is 3. The molecule has 3 amide bonds. The number of rotatable bonds is 8. The molecule has 0 saturated carbocycles. The van der Waals surface area contributed by atoms with Crippen LogP contribution in [0.15, 0.2) is 4.99 Å². The fourth-order valence-corrected chi connectivity index (χ4v) is 3.15. The number of ether oxygens (including phenoxy) is 1. The van der Waals surface area contributed by atoms with Gasteiger partial charge in [-0.1, -0.05) is 13.8 Å². The summed E-state index contributed by atoms with van der Waals surface area (Å²) in [6.07, 6.45) is 0. The van der Waals surface area contributed by atoms with Crippen LogP contribution in [0, 0.1) is 5.92 Å². The zero-order valence-electron chi connectivity index (χ0n) is 16.1. The zero-order chi connectivity index (χ0) is 18.9. The van der Waals surface area contributed by atoms with Crippen molar-refractivity contribution in [3.05, 3.63) is 0 Å². The van der Waals surface area contributed by atoms with Crippen LogP contribution >= 0.6 is 0 Å². The van der Waals surface area contributed by atoms with Crippen molar-refractivity contribution in [2.75, 3.05) is 59.0 Å². The van der Waals surface area contributed by atoms with Gasteiger partial charge in [0.1, 0.15) is 0 Å². The lowest BCUT2D eigenvalue weighted by Crippen LogP contribution is -2.48. The highest BCUT2D eigenvalue weighted by atomic mass is 16.5. The molecule has 26 heavy (non-hydrogen) atoms. The summed E-state index contributed by atoms with van der Waals surface area (Å²) in [5.41, 5.74) is 0. The third-order valence-electron chi connectivity index (χ3n) is 4.63. The Hall–Kier alpha value is -1.87. The van der Waals surface area contributed by atoms with E-state index >= 15 is 0 Å². The maximum Gasteiger partial charge on any atom is 0.324 e. The highest BCUT2D eigenvalue weighted by Crippen LogP contribution is 2.13. The van der Waals surface area contributed by atoms with Crippen molar-refractivity contribution in [3.63, 3.8) is 0 Å². The number of morpholine rings is 1. The van der Waals surface area contributed by atoms with Crippen molar-refractivity contribution in [3.8, 4) is 0 Å². The Morgan fingerprint density at radius 1 is 1.27 bits per heavy atom. The first-order valence-corrected chi connectivity index (χ1v) is 9.45. The molecule has 9 heteroatoms. The summed E-state index contributed by atoms with van der Waals surface area (Å²) in [6.45, 7) is 12.2. The van der Waals surface area contributed by atoms with Crippen LogP contribution in [-0.4, -0.2) is 92.8 Å². The van der Waals surface area contributed by atoms with Gasteiger partial charge in [-0.25, -0.2) is 4.79 Å². The average molecular weight is 368 g/mol. The van der Waals surface area contributed by atoms with Gasteiger partial charge in [0.05, 0.1) is 26.3 Å². The van der Waals surface area contributed by atoms with Gasteiger partial charge in [-0.2, -0.15) is 0 Å². The lowest BCUT2D eigenvalue weighted by atomic mass is 10.0. The van der Waals surface area contributed by atoms with Crippen molar-refractivity contribution < 1.29 is 14.3 Å². The van der Waals surface area contributed by atoms with E-state index in [1.165, 1.54) is 4.90 Å². The second-order valence-electron chi connectivity index (χ2n) is 6.81. The highest BCUT2D eigenvalue weighted by molar-refractivity contribution is 6.01. The number of guanidine groups is 1. The molecule has 148 valence electrons. The lowest BCUT2D eigenvalue weighted by Gasteiger charge is -2.36. The summed E-state index contributed by atoms with van der Waals surface area (Å²) in [5.74, 6) is 1.01. The van der Waals surface area contributed by atoms with Gasteiger partial charge in [0.25, 0.3) is 0 Å². The van der Waals surface area contributed by atoms with Crippen LogP contribution in [0.25, 0.3) is 0 Å². The Morgan fingerprint density at radius 2 is 2.00 bits per heavy atom. The number of imide groups is 1. The van der Waals surface area contributed by atoms with Gasteiger partial charge < -0.3 is 20.7 Å². The number of hydrogen-bond donors (Lipinski definition) is 3. The zero-order valence-corrected chi connectivity index (χ0v) is 16.1. The summed E-state index contributed by atoms with van der Waals surface area (Å²) < 4.78 is 5.45. The molecule has 2 aliphatic rings. The maximum absolute atomic E-state index is 11.6. The van der Waals surface area contributed by atoms with Crippen LogP contribution in [0.5, 0.6) is 0 Å². The highest BCUT2D eigenvalue weighted by Gasteiger charge is 2.27. The summed E-state index contributed by atoms with van der Waals surface area (Å²) in [7, 11) is 0. The quantitative estimate of drug-likeness (QED) is 0.302. The minimum absolute atomic E-state index is 0.0859. The first kappa shape index (κ1) is 20.4. The van der Waals surface area contributed by atoms with Crippen molar-refractivity contribution in [2.45, 2.75) is 26.8 Å². The molecule has 1 atom stereocenters. The fourth-order valence-electron chi connectivity index (χ4n) is 3.15. The van der Waals surface area contributed by atoms with E-state index in [1.54, 1.807) is 0 Å². The second kappa shape index (κ2) is 10.3. The van der Waals surface area contributed by atoms with Crippen LogP contribution in [-0.2, 0) is 9.53 Å². The molecule has 1 unspecified atom stereocenters. The average Bonchev–Trinajstić information content (AvgIpc) is 2.94. The number of hydrogen-bond acceptors (Lipinski definition) is 5. The molecular weight excluding hydrogens is 336 g/mol. The molecule has 2 fully saturated rings. The third-order valence-corrected chi connectivity index (χ3v) is 4.63. The van der Waals surface area contributed by atoms with E-state index in [2.05, 4.69) is 34.7 Å². The molecule has 0 aliphatic carbocycles. The van der Waals surface area contributed by atoms with Crippen LogP contribution in [0.2, 0.25) is 0 Å². The summed E-state index contributed by atoms with van der Waals surface area (Å²) in [4.78, 5) is 31.5. The van der Waals surface area contributed by atoms with Gasteiger partial charge in [-0.15, -0.1) is 0 Å². The molecule has 2 aliphatic heterocycles. The predicted molar refractivity (Wildman–Crippen MR) is 100 cm³/mol. The van der Waals surface area contributed by atoms with Crippen LogP contribution in [0.3, 0.4) is 0 Å². The van der Waals surface area contributed by atoms with Gasteiger partial charge in [-0.3, -0.25) is 19.6 Å². The number of amides is 3. The number of carbonyl (C=O) groups is 2. The summed E-state index contributed by atoms with van der Waals surface area (Å²) in [6, 6.07) is 0.0335. The van der Waals surface area contributed by atoms with E-state index in [1.807, 2.05) is 6.92 Å². The van der Waals surface area contributed by atoms with Gasteiger partial charge in [0.15, 0.2) is 5.96 Å². The molecule has 3 N–H and O–H groups in total. The third kappa shape index (κ3) is 5.84. The first-order chi connectivity index (χ1) is 12.5. The molecule has 0 spiro atoms. The number of carbonyl (C=O) groups excluding carboxylic acids is 2. The van der Waals surface area contributed by atoms with E-state index in [0.717, 1.165) is 32.8 Å². The second-order valence-corrected chi connectivity index (χ2v) is 6.81. The van der Waals surface area contributed by atoms with Crippen molar-refractivity contribution in [2.24, 2.45) is 10.9 Å². The van der Waals surface area contributed by atoms with E-state index in [0.29, 0.717) is 37.6 Å². The van der Waals surface area contributed by atoms with Crippen LogP contribution in [0.4, 0.5) is 4.79 Å². The molecule has 0 bridgehead atoms. The molecule has 0 aromatic heterocycles. The van der Waals surface area contributed by atoms with E-state index in [9.17, 15) is 9.59 Å². The largest absolute Gasteiger partial charge is 0.379 e. The molecular formula is C17H32N6O3. The lowest BCUT2D eigenvalue weighted by molar-refractivity contribution is -0.124. The van der Waals surface area contributed by atoms with E-state index in [-0.39, 0.29) is 18.5 Å². The monoisotopic (exact) mass is 368 g/mol. The fraction of sp³-hybridized carbons (Fsp3) is 0.824. The maximum atomic E-state index is 11.6. The van der Waals surface area contributed by atoms with Crippen LogP contribution < -0.4 is 16.0 Å². The molecule has 0 aromatic carbocycles. The van der Waals surface area contributed by atoms with Gasteiger partial charge in [0.2, 0.25) is 5.91 Å². The number of nitrogens with one attached hydrogen (secondary N) is 3. The number of aliphatic imine (C=N–C) groups is 1. The van der Waals surface area contributed by atoms with Gasteiger partial charge >= 0.3 is 6.03 Å². The van der Waals surface area contributed by atoms with Crippen LogP contribution in [0.1, 0.15) is 20.8 Å². The Kier molecular flexibility index (Phi) is 8.11. The SMILES string of the molecule is CCNC(=NCC(C(C)C)N1CCOCC1)NCCN1C(=O)CNC1=O. The predicted octanol–water partition coefficient (Wildman–Crippen LogP) is -0.550. The minimum atomic E-state index is -0.328. The normalized spacial score (nSPS) is 20.5. The number of urea groups is 1. The van der Waals surface area contributed by atoms with Crippen molar-refractivity contribution in [1.29, 1.82) is 0 Å². The molecule has 0 aromatic rings. The Labute approximate surface area is 155 Å². The topological polar surface area (TPSA) is 98.3 Å². The van der Waals surface area contributed by atoms with Gasteiger partial charge in [0, 0.05) is 38.8 Å². The van der Waals surface area contributed by atoms with E-state index < -0.39 is 0 Å². The Bertz CT molecular complexity index is 489. The van der Waals surface area contributed by atoms with Crippen molar-refractivity contribution in [1.82, 2.24) is 25.8 Å². The summed E-state index contributed by atoms with van der Waals surface area (Å²) in [5, 5.41) is 8.95. The van der Waals surface area contributed by atoms with E-state index in [4.69, 9.17) is 9.73 Å². The molecule has 0 radical (unpaired) electrons. The Morgan fingerprint density at radius 3 is 2.58 bits per heavy atom. The first-order valence-electron chi connectivity index (χ1n) is 9.45.